The lowest BCUT2D eigenvalue weighted by Gasteiger charge is -2.45. The Kier molecular flexibility index (Phi) is 3.53. The Morgan fingerprint density at radius 3 is 3.16 bits per heavy atom. The molecule has 25 heavy (non-hydrogen) atoms. The van der Waals surface area contributed by atoms with Gasteiger partial charge < -0.3 is 5.32 Å². The maximum absolute atomic E-state index is 4.68. The second kappa shape index (κ2) is 5.78. The van der Waals surface area contributed by atoms with E-state index in [0.29, 0.717) is 11.5 Å². The second-order valence-corrected chi connectivity index (χ2v) is 8.38. The molecule has 3 aromatic rings. The summed E-state index contributed by atoms with van der Waals surface area (Å²) in [6, 6.07) is 2.50. The Morgan fingerprint density at radius 2 is 2.32 bits per heavy atom. The number of fused-ring (bicyclic) bond motifs is 1. The van der Waals surface area contributed by atoms with Gasteiger partial charge in [-0.1, -0.05) is 0 Å². The molecule has 3 aromatic heterocycles. The van der Waals surface area contributed by atoms with E-state index >= 15 is 0 Å². The lowest BCUT2D eigenvalue weighted by molar-refractivity contribution is 0.119. The highest BCUT2D eigenvalue weighted by Gasteiger charge is 2.48. The quantitative estimate of drug-likeness (QED) is 0.781. The molecule has 0 atom stereocenters. The summed E-state index contributed by atoms with van der Waals surface area (Å²) in [7, 11) is 0. The topological polar surface area (TPSA) is 58.4 Å². The van der Waals surface area contributed by atoms with Crippen LogP contribution >= 0.6 is 11.3 Å². The van der Waals surface area contributed by atoms with Crippen LogP contribution in [0.25, 0.3) is 4.96 Å². The van der Waals surface area contributed by atoms with Crippen LogP contribution in [0.2, 0.25) is 0 Å². The summed E-state index contributed by atoms with van der Waals surface area (Å²) in [6.45, 7) is 5.53. The first-order valence-corrected chi connectivity index (χ1v) is 9.75. The fourth-order valence-corrected chi connectivity index (χ4v) is 5.29. The summed E-state index contributed by atoms with van der Waals surface area (Å²) >= 11 is 1.71. The van der Waals surface area contributed by atoms with Crippen LogP contribution in [0.1, 0.15) is 30.7 Å². The molecule has 2 fully saturated rings. The number of aryl methyl sites for hydroxylation is 1. The van der Waals surface area contributed by atoms with Crippen molar-refractivity contribution in [1.29, 1.82) is 0 Å². The second-order valence-electron chi connectivity index (χ2n) is 7.50. The zero-order valence-electron chi connectivity index (χ0n) is 14.4. The number of hydrogen-bond donors (Lipinski definition) is 1. The lowest BCUT2D eigenvalue weighted by Crippen LogP contribution is -2.46. The fourth-order valence-electron chi connectivity index (χ4n) is 4.51. The van der Waals surface area contributed by atoms with Crippen LogP contribution in [-0.2, 0) is 6.54 Å². The van der Waals surface area contributed by atoms with Crippen LogP contribution < -0.4 is 5.32 Å². The van der Waals surface area contributed by atoms with E-state index in [1.165, 1.54) is 43.7 Å². The van der Waals surface area contributed by atoms with Crippen LogP contribution in [0.5, 0.6) is 0 Å². The molecular weight excluding hydrogens is 332 g/mol. The van der Waals surface area contributed by atoms with Crippen molar-refractivity contribution in [3.8, 4) is 0 Å². The van der Waals surface area contributed by atoms with Gasteiger partial charge in [0.05, 0.1) is 11.4 Å². The lowest BCUT2D eigenvalue weighted by atomic mass is 9.65. The molecule has 1 spiro atoms. The Balaban J connectivity index is 1.21. The molecule has 4 heterocycles. The van der Waals surface area contributed by atoms with Gasteiger partial charge in [-0.05, 0) is 44.2 Å². The molecule has 0 amide bonds. The molecule has 130 valence electrons. The summed E-state index contributed by atoms with van der Waals surface area (Å²) in [5, 5.41) is 5.65. The zero-order valence-corrected chi connectivity index (χ0v) is 15.2. The fraction of sp³-hybridized carbons (Fsp3) is 0.500. The van der Waals surface area contributed by atoms with Gasteiger partial charge in [0, 0.05) is 36.9 Å². The largest absolute Gasteiger partial charge is 0.367 e. The van der Waals surface area contributed by atoms with E-state index in [1.807, 2.05) is 6.07 Å². The maximum Gasteiger partial charge on any atom is 0.194 e. The molecule has 6 nitrogen and oxygen atoms in total. The highest BCUT2D eigenvalue weighted by Crippen LogP contribution is 2.49. The zero-order chi connectivity index (χ0) is 16.9. The Hall–Kier alpha value is -1.99. The van der Waals surface area contributed by atoms with Gasteiger partial charge in [-0.2, -0.15) is 0 Å². The van der Waals surface area contributed by atoms with Gasteiger partial charge in [-0.25, -0.2) is 15.0 Å². The molecule has 0 aromatic carbocycles. The molecular formula is C18H22N6S. The molecule has 2 aliphatic rings. The predicted molar refractivity (Wildman–Crippen MR) is 98.8 cm³/mol. The van der Waals surface area contributed by atoms with E-state index in [4.69, 9.17) is 0 Å². The summed E-state index contributed by atoms with van der Waals surface area (Å²) in [5.74, 6) is 0.944. The van der Waals surface area contributed by atoms with Crippen LogP contribution in [-0.4, -0.2) is 43.4 Å². The molecule has 0 radical (unpaired) electrons. The van der Waals surface area contributed by atoms with Crippen LogP contribution in [0, 0.1) is 12.3 Å². The average molecular weight is 354 g/mol. The molecule has 1 saturated heterocycles. The van der Waals surface area contributed by atoms with Gasteiger partial charge in [0.2, 0.25) is 0 Å². The van der Waals surface area contributed by atoms with E-state index in [2.05, 4.69) is 48.1 Å². The standard InChI is InChI=1S/C18H22N6S/c1-13-15(24-6-7-25-17(24)21-13)10-23-5-3-18(11-23)8-14(9-18)22-16-2-4-19-12-20-16/h2,4,6-7,12,14H,3,5,8-11H2,1H3,(H,19,20,22). The smallest absolute Gasteiger partial charge is 0.194 e. The van der Waals surface area contributed by atoms with Crippen LogP contribution in [0.3, 0.4) is 0 Å². The van der Waals surface area contributed by atoms with Gasteiger partial charge in [0.1, 0.15) is 12.1 Å². The van der Waals surface area contributed by atoms with Gasteiger partial charge in [-0.3, -0.25) is 9.30 Å². The van der Waals surface area contributed by atoms with Crippen molar-refractivity contribution in [3.05, 3.63) is 41.6 Å². The summed E-state index contributed by atoms with van der Waals surface area (Å²) < 4.78 is 2.26. The molecule has 0 unspecified atom stereocenters. The average Bonchev–Trinajstić information content (AvgIpc) is 3.26. The summed E-state index contributed by atoms with van der Waals surface area (Å²) in [5.41, 5.74) is 3.02. The molecule has 1 aliphatic carbocycles. The molecule has 7 heteroatoms. The van der Waals surface area contributed by atoms with E-state index < -0.39 is 0 Å². The number of hydrogen-bond acceptors (Lipinski definition) is 6. The Labute approximate surface area is 150 Å². The molecule has 1 N–H and O–H groups in total. The van der Waals surface area contributed by atoms with E-state index in [0.717, 1.165) is 17.3 Å². The van der Waals surface area contributed by atoms with Crippen LogP contribution in [0.4, 0.5) is 5.82 Å². The Bertz CT molecular complexity index is 880. The normalized spacial score (nSPS) is 26.4. The van der Waals surface area contributed by atoms with Crippen molar-refractivity contribution in [1.82, 2.24) is 24.3 Å². The SMILES string of the molecule is Cc1nc2sccn2c1CN1CCC2(CC(Nc3ccncn3)C2)C1. The predicted octanol–water partition coefficient (Wildman–Crippen LogP) is 2.96. The van der Waals surface area contributed by atoms with Crippen molar-refractivity contribution >= 4 is 22.1 Å². The van der Waals surface area contributed by atoms with Crippen molar-refractivity contribution in [2.24, 2.45) is 5.41 Å². The van der Waals surface area contributed by atoms with Gasteiger partial charge in [0.25, 0.3) is 0 Å². The van der Waals surface area contributed by atoms with Crippen molar-refractivity contribution in [2.75, 3.05) is 18.4 Å². The van der Waals surface area contributed by atoms with Crippen LogP contribution in [0.15, 0.2) is 30.2 Å². The monoisotopic (exact) mass is 354 g/mol. The Morgan fingerprint density at radius 1 is 1.40 bits per heavy atom. The number of rotatable bonds is 4. The van der Waals surface area contributed by atoms with Gasteiger partial charge in [-0.15, -0.1) is 11.3 Å². The molecule has 1 aliphatic heterocycles. The van der Waals surface area contributed by atoms with E-state index in [-0.39, 0.29) is 0 Å². The minimum Gasteiger partial charge on any atom is -0.367 e. The van der Waals surface area contributed by atoms with Crippen molar-refractivity contribution in [3.63, 3.8) is 0 Å². The van der Waals surface area contributed by atoms with E-state index in [9.17, 15) is 0 Å². The number of imidazole rings is 1. The number of nitrogens with zero attached hydrogens (tertiary/aromatic N) is 5. The first-order valence-electron chi connectivity index (χ1n) is 8.87. The first kappa shape index (κ1) is 15.3. The summed E-state index contributed by atoms with van der Waals surface area (Å²) in [4.78, 5) is 16.6. The number of likely N-dealkylation sites (tertiary alicyclic amines) is 1. The highest BCUT2D eigenvalue weighted by atomic mass is 32.1. The van der Waals surface area contributed by atoms with Gasteiger partial charge >= 0.3 is 0 Å². The third-order valence-electron chi connectivity index (χ3n) is 5.74. The number of thiazole rings is 1. The third-order valence-corrected chi connectivity index (χ3v) is 6.50. The summed E-state index contributed by atoms with van der Waals surface area (Å²) in [6.07, 6.45) is 9.33. The van der Waals surface area contributed by atoms with E-state index in [1.54, 1.807) is 23.9 Å². The molecule has 5 rings (SSSR count). The highest BCUT2D eigenvalue weighted by molar-refractivity contribution is 7.15. The van der Waals surface area contributed by atoms with Crippen molar-refractivity contribution < 1.29 is 0 Å². The first-order chi connectivity index (χ1) is 12.2. The van der Waals surface area contributed by atoms with Crippen molar-refractivity contribution in [2.45, 2.75) is 38.8 Å². The number of aromatic nitrogens is 4. The maximum atomic E-state index is 4.68. The minimum absolute atomic E-state index is 0.497. The van der Waals surface area contributed by atoms with Gasteiger partial charge in [0.15, 0.2) is 4.96 Å². The molecule has 1 saturated carbocycles. The number of anilines is 1. The third kappa shape index (κ3) is 2.71. The molecule has 0 bridgehead atoms. The number of nitrogens with one attached hydrogen (secondary N) is 1. The minimum atomic E-state index is 0.497.